The number of amides is 1. The van der Waals surface area contributed by atoms with Crippen LogP contribution in [0.15, 0.2) is 0 Å². The summed E-state index contributed by atoms with van der Waals surface area (Å²) in [7, 11) is 0. The van der Waals surface area contributed by atoms with E-state index in [4.69, 9.17) is 4.74 Å². The molecule has 1 aliphatic heterocycles. The zero-order valence-electron chi connectivity index (χ0n) is 10.2. The lowest BCUT2D eigenvalue weighted by Crippen LogP contribution is -2.31. The van der Waals surface area contributed by atoms with E-state index in [1.807, 2.05) is 11.8 Å². The predicted molar refractivity (Wildman–Crippen MR) is 60.9 cm³/mol. The molecule has 0 aromatic rings. The molecule has 1 aliphatic rings. The Labute approximate surface area is 96.9 Å². The molecule has 0 aromatic carbocycles. The van der Waals surface area contributed by atoms with Crippen LogP contribution in [0.25, 0.3) is 0 Å². The standard InChI is InChI=1S/C12H21NO3/c1-3-16-12(15)6-4-5-9-13-10(2)7-8-11(13)14/h10H,3-9H2,1-2H3/t10-/m1/s1. The first-order chi connectivity index (χ1) is 7.65. The minimum Gasteiger partial charge on any atom is -0.466 e. The van der Waals surface area contributed by atoms with Gasteiger partial charge in [0.25, 0.3) is 0 Å². The molecule has 4 heteroatoms. The van der Waals surface area contributed by atoms with Crippen LogP contribution in [0.4, 0.5) is 0 Å². The molecule has 0 unspecified atom stereocenters. The van der Waals surface area contributed by atoms with Gasteiger partial charge in [0.1, 0.15) is 0 Å². The van der Waals surface area contributed by atoms with E-state index in [0.717, 1.165) is 25.8 Å². The van der Waals surface area contributed by atoms with Gasteiger partial charge in [0, 0.05) is 25.4 Å². The molecule has 1 amide bonds. The van der Waals surface area contributed by atoms with Crippen molar-refractivity contribution in [1.82, 2.24) is 4.90 Å². The summed E-state index contributed by atoms with van der Waals surface area (Å²) >= 11 is 0. The number of rotatable bonds is 6. The van der Waals surface area contributed by atoms with E-state index in [-0.39, 0.29) is 11.9 Å². The van der Waals surface area contributed by atoms with Gasteiger partial charge in [-0.05, 0) is 33.1 Å². The molecule has 0 aromatic heterocycles. The molecule has 0 N–H and O–H groups in total. The highest BCUT2D eigenvalue weighted by Crippen LogP contribution is 2.18. The number of esters is 1. The quantitative estimate of drug-likeness (QED) is 0.513. The molecule has 1 rings (SSSR count). The molecule has 1 heterocycles. The summed E-state index contributed by atoms with van der Waals surface area (Å²) in [6, 6.07) is 0.370. The fraction of sp³-hybridized carbons (Fsp3) is 0.833. The van der Waals surface area contributed by atoms with Crippen LogP contribution in [0.1, 0.15) is 46.0 Å². The van der Waals surface area contributed by atoms with Crippen LogP contribution in [0.5, 0.6) is 0 Å². The number of hydrogen-bond donors (Lipinski definition) is 0. The number of ether oxygens (including phenoxy) is 1. The predicted octanol–water partition coefficient (Wildman–Crippen LogP) is 1.73. The highest BCUT2D eigenvalue weighted by atomic mass is 16.5. The summed E-state index contributed by atoms with van der Waals surface area (Å²) in [5.74, 6) is 0.118. The van der Waals surface area contributed by atoms with E-state index < -0.39 is 0 Å². The monoisotopic (exact) mass is 227 g/mol. The number of hydrogen-bond acceptors (Lipinski definition) is 3. The van der Waals surface area contributed by atoms with Crippen molar-refractivity contribution in [3.63, 3.8) is 0 Å². The molecular formula is C12H21NO3. The van der Waals surface area contributed by atoms with Gasteiger partial charge in [-0.1, -0.05) is 0 Å². The van der Waals surface area contributed by atoms with Crippen molar-refractivity contribution in [1.29, 1.82) is 0 Å². The fourth-order valence-corrected chi connectivity index (χ4v) is 2.01. The van der Waals surface area contributed by atoms with Crippen molar-refractivity contribution in [2.45, 2.75) is 52.0 Å². The summed E-state index contributed by atoms with van der Waals surface area (Å²) in [5.41, 5.74) is 0. The Bertz CT molecular complexity index is 253. The highest BCUT2D eigenvalue weighted by Gasteiger charge is 2.26. The molecule has 16 heavy (non-hydrogen) atoms. The molecule has 0 spiro atoms. The van der Waals surface area contributed by atoms with E-state index in [2.05, 4.69) is 6.92 Å². The van der Waals surface area contributed by atoms with Gasteiger partial charge in [0.05, 0.1) is 6.61 Å². The van der Waals surface area contributed by atoms with E-state index in [1.54, 1.807) is 0 Å². The number of carbonyl (C=O) groups is 2. The maximum atomic E-state index is 11.4. The van der Waals surface area contributed by atoms with Crippen molar-refractivity contribution < 1.29 is 14.3 Å². The SMILES string of the molecule is CCOC(=O)CCCCN1C(=O)CC[C@H]1C. The van der Waals surface area contributed by atoms with Crippen LogP contribution in [-0.2, 0) is 14.3 Å². The van der Waals surface area contributed by atoms with Crippen LogP contribution in [0, 0.1) is 0 Å². The second-order valence-corrected chi connectivity index (χ2v) is 4.24. The van der Waals surface area contributed by atoms with Crippen molar-refractivity contribution in [2.75, 3.05) is 13.2 Å². The third kappa shape index (κ3) is 3.83. The maximum Gasteiger partial charge on any atom is 0.305 e. The van der Waals surface area contributed by atoms with E-state index in [1.165, 1.54) is 0 Å². The molecule has 4 nitrogen and oxygen atoms in total. The van der Waals surface area contributed by atoms with Gasteiger partial charge in [-0.2, -0.15) is 0 Å². The molecule has 0 saturated carbocycles. The fourth-order valence-electron chi connectivity index (χ4n) is 2.01. The van der Waals surface area contributed by atoms with Crippen molar-refractivity contribution in [3.8, 4) is 0 Å². The van der Waals surface area contributed by atoms with Gasteiger partial charge >= 0.3 is 5.97 Å². The topological polar surface area (TPSA) is 46.6 Å². The van der Waals surface area contributed by atoms with E-state index in [0.29, 0.717) is 25.5 Å². The minimum absolute atomic E-state index is 0.136. The zero-order valence-corrected chi connectivity index (χ0v) is 10.2. The summed E-state index contributed by atoms with van der Waals surface area (Å²) in [6.45, 7) is 5.11. The second-order valence-electron chi connectivity index (χ2n) is 4.24. The third-order valence-electron chi connectivity index (χ3n) is 2.96. The molecular weight excluding hydrogens is 206 g/mol. The Hall–Kier alpha value is -1.06. The number of carbonyl (C=O) groups excluding carboxylic acids is 2. The van der Waals surface area contributed by atoms with Crippen LogP contribution >= 0.6 is 0 Å². The zero-order chi connectivity index (χ0) is 12.0. The summed E-state index contributed by atoms with van der Waals surface area (Å²) in [6.07, 6.45) is 3.80. The average Bonchev–Trinajstić information content (AvgIpc) is 2.55. The first-order valence-corrected chi connectivity index (χ1v) is 6.10. The second kappa shape index (κ2) is 6.51. The number of nitrogens with zero attached hydrogens (tertiary/aromatic N) is 1. The largest absolute Gasteiger partial charge is 0.466 e. The Kier molecular flexibility index (Phi) is 5.29. The molecule has 1 fully saturated rings. The normalized spacial score (nSPS) is 20.2. The highest BCUT2D eigenvalue weighted by molar-refractivity contribution is 5.78. The van der Waals surface area contributed by atoms with Crippen LogP contribution in [0.2, 0.25) is 0 Å². The lowest BCUT2D eigenvalue weighted by atomic mass is 10.2. The van der Waals surface area contributed by atoms with E-state index >= 15 is 0 Å². The van der Waals surface area contributed by atoms with Gasteiger partial charge in [0.15, 0.2) is 0 Å². The summed E-state index contributed by atoms with van der Waals surface area (Å²) in [4.78, 5) is 24.4. The van der Waals surface area contributed by atoms with Gasteiger partial charge < -0.3 is 9.64 Å². The number of likely N-dealkylation sites (tertiary alicyclic amines) is 1. The van der Waals surface area contributed by atoms with Gasteiger partial charge in [-0.25, -0.2) is 0 Å². The summed E-state index contributed by atoms with van der Waals surface area (Å²) < 4.78 is 4.84. The van der Waals surface area contributed by atoms with Crippen LogP contribution < -0.4 is 0 Å². The number of unbranched alkanes of at least 4 members (excludes halogenated alkanes) is 1. The molecule has 1 atom stereocenters. The van der Waals surface area contributed by atoms with Crippen LogP contribution in [0.3, 0.4) is 0 Å². The molecule has 92 valence electrons. The van der Waals surface area contributed by atoms with Crippen molar-refractivity contribution >= 4 is 11.9 Å². The van der Waals surface area contributed by atoms with Gasteiger partial charge in [-0.15, -0.1) is 0 Å². The summed E-state index contributed by atoms with van der Waals surface area (Å²) in [5, 5.41) is 0. The molecule has 0 aliphatic carbocycles. The van der Waals surface area contributed by atoms with E-state index in [9.17, 15) is 9.59 Å². The smallest absolute Gasteiger partial charge is 0.305 e. The Morgan fingerprint density at radius 3 is 2.81 bits per heavy atom. The Morgan fingerprint density at radius 2 is 2.25 bits per heavy atom. The Morgan fingerprint density at radius 1 is 1.50 bits per heavy atom. The first-order valence-electron chi connectivity index (χ1n) is 6.10. The maximum absolute atomic E-state index is 11.4. The Balaban J connectivity index is 2.11. The van der Waals surface area contributed by atoms with Gasteiger partial charge in [-0.3, -0.25) is 9.59 Å². The van der Waals surface area contributed by atoms with Crippen molar-refractivity contribution in [2.24, 2.45) is 0 Å². The minimum atomic E-state index is -0.136. The lowest BCUT2D eigenvalue weighted by Gasteiger charge is -2.21. The molecule has 0 radical (unpaired) electrons. The molecule has 1 saturated heterocycles. The molecule has 0 bridgehead atoms. The first kappa shape index (κ1) is 13.0. The average molecular weight is 227 g/mol. The lowest BCUT2D eigenvalue weighted by molar-refractivity contribution is -0.143. The third-order valence-corrected chi connectivity index (χ3v) is 2.96. The van der Waals surface area contributed by atoms with Gasteiger partial charge in [0.2, 0.25) is 5.91 Å². The van der Waals surface area contributed by atoms with Crippen LogP contribution in [-0.4, -0.2) is 36.0 Å². The van der Waals surface area contributed by atoms with Crippen molar-refractivity contribution in [3.05, 3.63) is 0 Å².